The van der Waals surface area contributed by atoms with Crippen LogP contribution in [-0.2, 0) is 0 Å². The van der Waals surface area contributed by atoms with Gasteiger partial charge in [-0.1, -0.05) is 30.3 Å². The van der Waals surface area contributed by atoms with Crippen molar-refractivity contribution in [3.8, 4) is 22.6 Å². The van der Waals surface area contributed by atoms with Crippen LogP contribution < -0.4 is 0 Å². The van der Waals surface area contributed by atoms with E-state index in [1.54, 1.807) is 32.7 Å². The van der Waals surface area contributed by atoms with Crippen LogP contribution in [0.4, 0.5) is 0 Å². The Morgan fingerprint density at radius 1 is 0.957 bits per heavy atom. The number of benzene rings is 1. The van der Waals surface area contributed by atoms with Crippen LogP contribution in [0.5, 0.6) is 0 Å². The summed E-state index contributed by atoms with van der Waals surface area (Å²) in [6, 6.07) is 13.4. The zero-order valence-corrected chi connectivity index (χ0v) is 13.0. The Bertz CT molecular complexity index is 817. The highest BCUT2D eigenvalue weighted by Gasteiger charge is 2.18. The van der Waals surface area contributed by atoms with E-state index in [4.69, 9.17) is 0 Å². The SMILES string of the molecule is CN(C)C(=O)c1cnc(-c2ccccc2)nc1-c1ccncc1. The summed E-state index contributed by atoms with van der Waals surface area (Å²) >= 11 is 0. The Balaban J connectivity index is 2.17. The molecule has 0 fully saturated rings. The van der Waals surface area contributed by atoms with Crippen LogP contribution in [0.1, 0.15) is 10.4 Å². The van der Waals surface area contributed by atoms with E-state index in [-0.39, 0.29) is 5.91 Å². The molecule has 3 rings (SSSR count). The fraction of sp³-hybridized carbons (Fsp3) is 0.111. The molecule has 0 radical (unpaired) electrons. The second-order valence-corrected chi connectivity index (χ2v) is 5.26. The third kappa shape index (κ3) is 3.08. The third-order valence-electron chi connectivity index (χ3n) is 3.41. The van der Waals surface area contributed by atoms with E-state index in [0.29, 0.717) is 17.1 Å². The first-order valence-corrected chi connectivity index (χ1v) is 7.21. The first kappa shape index (κ1) is 14.8. The molecule has 5 heteroatoms. The molecular formula is C18H16N4O. The fourth-order valence-corrected chi connectivity index (χ4v) is 2.24. The van der Waals surface area contributed by atoms with Crippen molar-refractivity contribution in [3.63, 3.8) is 0 Å². The number of nitrogens with zero attached hydrogens (tertiary/aromatic N) is 4. The molecule has 0 atom stereocenters. The van der Waals surface area contributed by atoms with E-state index in [1.165, 1.54) is 4.90 Å². The molecule has 0 unspecified atom stereocenters. The lowest BCUT2D eigenvalue weighted by molar-refractivity contribution is 0.0827. The van der Waals surface area contributed by atoms with Gasteiger partial charge in [0.2, 0.25) is 0 Å². The Morgan fingerprint density at radius 2 is 1.65 bits per heavy atom. The maximum atomic E-state index is 12.4. The van der Waals surface area contributed by atoms with E-state index in [2.05, 4.69) is 15.0 Å². The van der Waals surface area contributed by atoms with Crippen molar-refractivity contribution in [1.29, 1.82) is 0 Å². The van der Waals surface area contributed by atoms with Crippen molar-refractivity contribution in [2.75, 3.05) is 14.1 Å². The Kier molecular flexibility index (Phi) is 4.10. The molecule has 2 aromatic heterocycles. The van der Waals surface area contributed by atoms with Gasteiger partial charge in [0.25, 0.3) is 5.91 Å². The van der Waals surface area contributed by atoms with Crippen LogP contribution >= 0.6 is 0 Å². The molecule has 2 heterocycles. The quantitative estimate of drug-likeness (QED) is 0.746. The maximum absolute atomic E-state index is 12.4. The summed E-state index contributed by atoms with van der Waals surface area (Å²) in [6.07, 6.45) is 4.96. The van der Waals surface area contributed by atoms with Crippen LogP contribution in [0.25, 0.3) is 22.6 Å². The summed E-state index contributed by atoms with van der Waals surface area (Å²) < 4.78 is 0. The molecule has 23 heavy (non-hydrogen) atoms. The Hall–Kier alpha value is -3.08. The number of hydrogen-bond donors (Lipinski definition) is 0. The van der Waals surface area contributed by atoms with Gasteiger partial charge in [-0.3, -0.25) is 9.78 Å². The van der Waals surface area contributed by atoms with Crippen molar-refractivity contribution in [3.05, 3.63) is 66.6 Å². The Morgan fingerprint density at radius 3 is 2.30 bits per heavy atom. The molecule has 0 bridgehead atoms. The molecule has 5 nitrogen and oxygen atoms in total. The van der Waals surface area contributed by atoms with Crippen LogP contribution in [0, 0.1) is 0 Å². The zero-order valence-electron chi connectivity index (χ0n) is 13.0. The highest BCUT2D eigenvalue weighted by atomic mass is 16.2. The number of amides is 1. The number of carbonyl (C=O) groups is 1. The standard InChI is InChI=1S/C18H16N4O/c1-22(2)18(23)15-12-20-17(14-6-4-3-5-7-14)21-16(15)13-8-10-19-11-9-13/h3-12H,1-2H3. The van der Waals surface area contributed by atoms with Gasteiger partial charge in [0.1, 0.15) is 0 Å². The first-order chi connectivity index (χ1) is 11.2. The van der Waals surface area contributed by atoms with E-state index >= 15 is 0 Å². The molecule has 3 aromatic rings. The van der Waals surface area contributed by atoms with E-state index in [9.17, 15) is 4.79 Å². The van der Waals surface area contributed by atoms with Crippen LogP contribution in [-0.4, -0.2) is 39.9 Å². The minimum Gasteiger partial charge on any atom is -0.345 e. The van der Waals surface area contributed by atoms with Crippen molar-refractivity contribution < 1.29 is 4.79 Å². The zero-order chi connectivity index (χ0) is 16.2. The topological polar surface area (TPSA) is 59.0 Å². The molecular weight excluding hydrogens is 288 g/mol. The predicted octanol–water partition coefficient (Wildman–Crippen LogP) is 2.91. The summed E-state index contributed by atoms with van der Waals surface area (Å²) in [6.45, 7) is 0. The van der Waals surface area contributed by atoms with Gasteiger partial charge in [0.05, 0.1) is 11.3 Å². The number of carbonyl (C=O) groups excluding carboxylic acids is 1. The van der Waals surface area contributed by atoms with Crippen LogP contribution in [0.2, 0.25) is 0 Å². The lowest BCUT2D eigenvalue weighted by Crippen LogP contribution is -2.23. The van der Waals surface area contributed by atoms with Crippen molar-refractivity contribution in [2.45, 2.75) is 0 Å². The summed E-state index contributed by atoms with van der Waals surface area (Å²) in [5.41, 5.74) is 2.83. The van der Waals surface area contributed by atoms with E-state index in [0.717, 1.165) is 11.1 Å². The average Bonchev–Trinajstić information content (AvgIpc) is 2.62. The number of aromatic nitrogens is 3. The van der Waals surface area contributed by atoms with Gasteiger partial charge in [-0.2, -0.15) is 0 Å². The number of hydrogen-bond acceptors (Lipinski definition) is 4. The fourth-order valence-electron chi connectivity index (χ4n) is 2.24. The lowest BCUT2D eigenvalue weighted by Gasteiger charge is -2.14. The molecule has 0 saturated carbocycles. The van der Waals surface area contributed by atoms with Crippen molar-refractivity contribution >= 4 is 5.91 Å². The summed E-state index contributed by atoms with van der Waals surface area (Å²) in [7, 11) is 3.42. The highest BCUT2D eigenvalue weighted by Crippen LogP contribution is 2.24. The monoisotopic (exact) mass is 304 g/mol. The lowest BCUT2D eigenvalue weighted by atomic mass is 10.1. The van der Waals surface area contributed by atoms with Gasteiger partial charge in [-0.25, -0.2) is 9.97 Å². The van der Waals surface area contributed by atoms with Crippen molar-refractivity contribution in [2.24, 2.45) is 0 Å². The average molecular weight is 304 g/mol. The van der Waals surface area contributed by atoms with E-state index < -0.39 is 0 Å². The molecule has 0 aliphatic rings. The van der Waals surface area contributed by atoms with Crippen molar-refractivity contribution in [1.82, 2.24) is 19.9 Å². The smallest absolute Gasteiger partial charge is 0.257 e. The second-order valence-electron chi connectivity index (χ2n) is 5.26. The second kappa shape index (κ2) is 6.36. The molecule has 0 N–H and O–H groups in total. The largest absolute Gasteiger partial charge is 0.345 e. The normalized spacial score (nSPS) is 10.3. The predicted molar refractivity (Wildman–Crippen MR) is 88.7 cm³/mol. The number of pyridine rings is 1. The van der Waals surface area contributed by atoms with Gasteiger partial charge in [-0.15, -0.1) is 0 Å². The molecule has 1 amide bonds. The summed E-state index contributed by atoms with van der Waals surface area (Å²) in [5, 5.41) is 0. The highest BCUT2D eigenvalue weighted by molar-refractivity contribution is 5.99. The summed E-state index contributed by atoms with van der Waals surface area (Å²) in [5.74, 6) is 0.462. The minimum atomic E-state index is -0.128. The third-order valence-corrected chi connectivity index (χ3v) is 3.41. The summed E-state index contributed by atoms with van der Waals surface area (Å²) in [4.78, 5) is 27.0. The van der Waals surface area contributed by atoms with Gasteiger partial charge in [0, 0.05) is 43.8 Å². The molecule has 0 saturated heterocycles. The van der Waals surface area contributed by atoms with E-state index in [1.807, 2.05) is 42.5 Å². The van der Waals surface area contributed by atoms with Gasteiger partial charge in [0.15, 0.2) is 5.82 Å². The van der Waals surface area contributed by atoms with Gasteiger partial charge < -0.3 is 4.90 Å². The van der Waals surface area contributed by atoms with Gasteiger partial charge >= 0.3 is 0 Å². The molecule has 1 aromatic carbocycles. The minimum absolute atomic E-state index is 0.128. The molecule has 0 aliphatic carbocycles. The Labute approximate surface area is 134 Å². The van der Waals surface area contributed by atoms with Crippen LogP contribution in [0.3, 0.4) is 0 Å². The number of rotatable bonds is 3. The van der Waals surface area contributed by atoms with Gasteiger partial charge in [-0.05, 0) is 12.1 Å². The first-order valence-electron chi connectivity index (χ1n) is 7.21. The molecule has 0 spiro atoms. The molecule has 0 aliphatic heterocycles. The molecule has 114 valence electrons. The van der Waals surface area contributed by atoms with Crippen LogP contribution in [0.15, 0.2) is 61.1 Å². The maximum Gasteiger partial charge on any atom is 0.257 e.